The summed E-state index contributed by atoms with van der Waals surface area (Å²) >= 11 is 0. The predicted octanol–water partition coefficient (Wildman–Crippen LogP) is 1.38. The Labute approximate surface area is 107 Å². The van der Waals surface area contributed by atoms with Gasteiger partial charge in [0.1, 0.15) is 0 Å². The molecule has 0 aliphatic heterocycles. The van der Waals surface area contributed by atoms with Crippen molar-refractivity contribution in [2.24, 2.45) is 0 Å². The Morgan fingerprint density at radius 3 is 2.53 bits per heavy atom. The Morgan fingerprint density at radius 1 is 1.00 bits per heavy atom. The fraction of sp³-hybridized carbons (Fsp3) is 0. The standard InChI is InChI=1S/C14H10N2O3/c17-12-8-13(18)16(14(19)15-12)11-7-3-5-9-4-1-2-6-10(9)11/h1-8,18H,(H,15,17,19). The molecule has 0 fully saturated rings. The van der Waals surface area contributed by atoms with Gasteiger partial charge in [-0.15, -0.1) is 0 Å². The molecule has 0 radical (unpaired) electrons. The molecule has 0 spiro atoms. The summed E-state index contributed by atoms with van der Waals surface area (Å²) in [5.41, 5.74) is -0.766. The van der Waals surface area contributed by atoms with Gasteiger partial charge in [0.05, 0.1) is 11.8 Å². The predicted molar refractivity (Wildman–Crippen MR) is 71.8 cm³/mol. The Bertz CT molecular complexity index is 872. The normalized spacial score (nSPS) is 10.7. The van der Waals surface area contributed by atoms with Gasteiger partial charge in [-0.3, -0.25) is 9.78 Å². The van der Waals surface area contributed by atoms with Crippen molar-refractivity contribution in [3.63, 3.8) is 0 Å². The molecule has 5 heteroatoms. The first-order chi connectivity index (χ1) is 9.16. The highest BCUT2D eigenvalue weighted by molar-refractivity contribution is 5.90. The van der Waals surface area contributed by atoms with Gasteiger partial charge >= 0.3 is 5.69 Å². The van der Waals surface area contributed by atoms with Gasteiger partial charge in [-0.1, -0.05) is 36.4 Å². The molecular weight excluding hydrogens is 244 g/mol. The Kier molecular flexibility index (Phi) is 2.45. The molecule has 19 heavy (non-hydrogen) atoms. The van der Waals surface area contributed by atoms with Crippen molar-refractivity contribution in [3.8, 4) is 11.6 Å². The van der Waals surface area contributed by atoms with Crippen LogP contribution in [0.25, 0.3) is 16.5 Å². The summed E-state index contributed by atoms with van der Waals surface area (Å²) in [4.78, 5) is 25.1. The second-order valence-corrected chi connectivity index (χ2v) is 4.13. The quantitative estimate of drug-likeness (QED) is 0.689. The number of aromatic nitrogens is 2. The third-order valence-electron chi connectivity index (χ3n) is 2.93. The van der Waals surface area contributed by atoms with Crippen LogP contribution in [0.15, 0.2) is 58.1 Å². The fourth-order valence-corrected chi connectivity index (χ4v) is 2.12. The third-order valence-corrected chi connectivity index (χ3v) is 2.93. The smallest absolute Gasteiger partial charge is 0.335 e. The second kappa shape index (κ2) is 4.13. The SMILES string of the molecule is O=c1cc(O)n(-c2cccc3ccccc23)c(=O)[nH]1. The maximum atomic E-state index is 11.9. The van der Waals surface area contributed by atoms with E-state index in [1.165, 1.54) is 0 Å². The number of benzene rings is 2. The van der Waals surface area contributed by atoms with E-state index in [4.69, 9.17) is 0 Å². The number of H-pyrrole nitrogens is 1. The highest BCUT2D eigenvalue weighted by Gasteiger charge is 2.09. The number of hydrogen-bond acceptors (Lipinski definition) is 3. The highest BCUT2D eigenvalue weighted by Crippen LogP contribution is 2.23. The lowest BCUT2D eigenvalue weighted by atomic mass is 10.1. The van der Waals surface area contributed by atoms with Gasteiger partial charge in [0, 0.05) is 5.39 Å². The van der Waals surface area contributed by atoms with Crippen molar-refractivity contribution >= 4 is 10.8 Å². The molecule has 3 aromatic rings. The fourth-order valence-electron chi connectivity index (χ4n) is 2.12. The van der Waals surface area contributed by atoms with Crippen molar-refractivity contribution in [2.75, 3.05) is 0 Å². The van der Waals surface area contributed by atoms with Gasteiger partial charge < -0.3 is 5.11 Å². The third kappa shape index (κ3) is 1.81. The number of rotatable bonds is 1. The van der Waals surface area contributed by atoms with E-state index in [0.29, 0.717) is 5.69 Å². The van der Waals surface area contributed by atoms with E-state index in [-0.39, 0.29) is 5.88 Å². The van der Waals surface area contributed by atoms with E-state index in [0.717, 1.165) is 21.4 Å². The number of hydrogen-bond donors (Lipinski definition) is 2. The molecule has 0 saturated carbocycles. The van der Waals surface area contributed by atoms with E-state index >= 15 is 0 Å². The molecular formula is C14H10N2O3. The number of aromatic hydroxyl groups is 1. The average molecular weight is 254 g/mol. The summed E-state index contributed by atoms with van der Waals surface area (Å²) in [7, 11) is 0. The topological polar surface area (TPSA) is 75.1 Å². The minimum atomic E-state index is -0.665. The lowest BCUT2D eigenvalue weighted by Crippen LogP contribution is -2.28. The Hall–Kier alpha value is -2.82. The van der Waals surface area contributed by atoms with Gasteiger partial charge in [-0.2, -0.15) is 0 Å². The van der Waals surface area contributed by atoms with Crippen LogP contribution in [0.2, 0.25) is 0 Å². The lowest BCUT2D eigenvalue weighted by Gasteiger charge is -2.10. The number of aromatic amines is 1. The van der Waals surface area contributed by atoms with Crippen molar-refractivity contribution < 1.29 is 5.11 Å². The largest absolute Gasteiger partial charge is 0.494 e. The molecule has 0 amide bonds. The first kappa shape index (κ1) is 11.3. The van der Waals surface area contributed by atoms with E-state index in [9.17, 15) is 14.7 Å². The molecule has 0 bridgehead atoms. The zero-order valence-electron chi connectivity index (χ0n) is 9.83. The van der Waals surface area contributed by atoms with E-state index in [1.807, 2.05) is 30.3 Å². The zero-order valence-corrected chi connectivity index (χ0v) is 9.83. The summed E-state index contributed by atoms with van der Waals surface area (Å²) in [5.74, 6) is -0.384. The van der Waals surface area contributed by atoms with Crippen LogP contribution in [-0.2, 0) is 0 Å². The van der Waals surface area contributed by atoms with Crippen molar-refractivity contribution in [2.45, 2.75) is 0 Å². The molecule has 94 valence electrons. The van der Waals surface area contributed by atoms with Crippen molar-refractivity contribution in [1.29, 1.82) is 0 Å². The summed E-state index contributed by atoms with van der Waals surface area (Å²) in [6.07, 6.45) is 0. The molecule has 0 saturated heterocycles. The molecule has 1 heterocycles. The van der Waals surface area contributed by atoms with Crippen LogP contribution < -0.4 is 11.2 Å². The van der Waals surface area contributed by atoms with E-state index < -0.39 is 11.2 Å². The van der Waals surface area contributed by atoms with Crippen LogP contribution >= 0.6 is 0 Å². The monoisotopic (exact) mass is 254 g/mol. The molecule has 3 rings (SSSR count). The van der Waals surface area contributed by atoms with Gasteiger partial charge in [0.2, 0.25) is 5.88 Å². The first-order valence-electron chi connectivity index (χ1n) is 5.70. The zero-order chi connectivity index (χ0) is 13.4. The van der Waals surface area contributed by atoms with Crippen LogP contribution in [-0.4, -0.2) is 14.7 Å². The maximum Gasteiger partial charge on any atom is 0.335 e. The van der Waals surface area contributed by atoms with Crippen molar-refractivity contribution in [3.05, 3.63) is 69.4 Å². The summed E-state index contributed by atoms with van der Waals surface area (Å²) in [6.45, 7) is 0. The molecule has 1 aromatic heterocycles. The lowest BCUT2D eigenvalue weighted by molar-refractivity contribution is 0.431. The molecule has 0 atom stereocenters. The molecule has 0 aliphatic rings. The van der Waals surface area contributed by atoms with Crippen LogP contribution in [0.5, 0.6) is 5.88 Å². The van der Waals surface area contributed by atoms with Crippen LogP contribution in [0, 0.1) is 0 Å². The molecule has 2 aromatic carbocycles. The van der Waals surface area contributed by atoms with Gasteiger partial charge in [0.25, 0.3) is 5.56 Å². The van der Waals surface area contributed by atoms with Crippen molar-refractivity contribution in [1.82, 2.24) is 9.55 Å². The van der Waals surface area contributed by atoms with Gasteiger partial charge in [-0.05, 0) is 11.5 Å². The molecule has 0 unspecified atom stereocenters. The number of nitrogens with one attached hydrogen (secondary N) is 1. The van der Waals surface area contributed by atoms with E-state index in [1.54, 1.807) is 12.1 Å². The number of fused-ring (bicyclic) bond motifs is 1. The molecule has 2 N–H and O–H groups in total. The first-order valence-corrected chi connectivity index (χ1v) is 5.70. The minimum absolute atomic E-state index is 0.384. The Balaban J connectivity index is 2.44. The molecule has 0 aliphatic carbocycles. The summed E-state index contributed by atoms with van der Waals surface area (Å²) < 4.78 is 1.07. The van der Waals surface area contributed by atoms with Gasteiger partial charge in [0.15, 0.2) is 0 Å². The Morgan fingerprint density at radius 2 is 1.74 bits per heavy atom. The highest BCUT2D eigenvalue weighted by atomic mass is 16.3. The van der Waals surface area contributed by atoms with Crippen LogP contribution in [0.3, 0.4) is 0 Å². The van der Waals surface area contributed by atoms with Gasteiger partial charge in [-0.25, -0.2) is 9.36 Å². The molecule has 5 nitrogen and oxygen atoms in total. The second-order valence-electron chi connectivity index (χ2n) is 4.13. The summed E-state index contributed by atoms with van der Waals surface area (Å²) in [6, 6.07) is 13.9. The maximum absolute atomic E-state index is 11.9. The number of nitrogens with zero attached hydrogens (tertiary/aromatic N) is 1. The van der Waals surface area contributed by atoms with Crippen LogP contribution in [0.1, 0.15) is 0 Å². The summed E-state index contributed by atoms with van der Waals surface area (Å²) in [5, 5.41) is 11.6. The van der Waals surface area contributed by atoms with E-state index in [2.05, 4.69) is 4.98 Å². The average Bonchev–Trinajstić information content (AvgIpc) is 2.38. The minimum Gasteiger partial charge on any atom is -0.494 e. The van der Waals surface area contributed by atoms with Crippen LogP contribution in [0.4, 0.5) is 0 Å².